The number of hydrogen-bond acceptors (Lipinski definition) is 2. The summed E-state index contributed by atoms with van der Waals surface area (Å²) in [7, 11) is 0. The van der Waals surface area contributed by atoms with Crippen LogP contribution >= 0.6 is 15.9 Å². The summed E-state index contributed by atoms with van der Waals surface area (Å²) >= 11 is 2.98. The fraction of sp³-hybridized carbons (Fsp3) is 0.800. The molecule has 1 fully saturated rings. The summed E-state index contributed by atoms with van der Waals surface area (Å²) in [5, 5.41) is 2.66. The van der Waals surface area contributed by atoms with E-state index in [9.17, 15) is 4.79 Å². The maximum absolute atomic E-state index is 10.5. The quantitative estimate of drug-likeness (QED) is 0.671. The van der Waals surface area contributed by atoms with Crippen molar-refractivity contribution < 1.29 is 9.53 Å². The molecule has 1 aliphatic rings. The molecule has 1 aliphatic carbocycles. The molecule has 1 N–H and O–H groups in total. The van der Waals surface area contributed by atoms with Gasteiger partial charge in [-0.3, -0.25) is 0 Å². The molecule has 3 nitrogen and oxygen atoms in total. The van der Waals surface area contributed by atoms with Gasteiger partial charge in [-0.25, -0.2) is 4.79 Å². The third-order valence-corrected chi connectivity index (χ3v) is 1.31. The van der Waals surface area contributed by atoms with Crippen molar-refractivity contribution >= 4 is 22.0 Å². The summed E-state index contributed by atoms with van der Waals surface area (Å²) in [5.41, 5.74) is 0.269. The van der Waals surface area contributed by atoms with Crippen LogP contribution in [0.15, 0.2) is 0 Å². The largest absolute Gasteiger partial charge is 0.438 e. The standard InChI is InChI=1S/C5H8BrNO2/c6-3-9-5(8)7-4-1-2-4/h4H,1-3H2,(H,7,8). The Kier molecular flexibility index (Phi) is 2.33. The molecular formula is C5H8BrNO2. The van der Waals surface area contributed by atoms with E-state index in [4.69, 9.17) is 0 Å². The molecule has 0 spiro atoms. The van der Waals surface area contributed by atoms with Crippen LogP contribution in [0.2, 0.25) is 0 Å². The van der Waals surface area contributed by atoms with Gasteiger partial charge in [-0.2, -0.15) is 0 Å². The molecule has 0 saturated heterocycles. The average Bonchev–Trinajstić information content (AvgIpc) is 2.50. The van der Waals surface area contributed by atoms with Crippen LogP contribution in [0.25, 0.3) is 0 Å². The molecule has 1 amide bonds. The molecular weight excluding hydrogens is 186 g/mol. The van der Waals surface area contributed by atoms with E-state index < -0.39 is 0 Å². The van der Waals surface area contributed by atoms with E-state index in [1.54, 1.807) is 0 Å². The summed E-state index contributed by atoms with van der Waals surface area (Å²) in [5.74, 6) is 0. The molecule has 0 radical (unpaired) electrons. The Morgan fingerprint density at radius 2 is 2.44 bits per heavy atom. The number of hydrogen-bond donors (Lipinski definition) is 1. The maximum atomic E-state index is 10.5. The predicted octanol–water partition coefficient (Wildman–Crippen LogP) is 1.23. The molecule has 0 unspecified atom stereocenters. The van der Waals surface area contributed by atoms with Gasteiger partial charge in [-0.1, -0.05) is 0 Å². The maximum Gasteiger partial charge on any atom is 0.408 e. The van der Waals surface area contributed by atoms with Crippen molar-refractivity contribution in [2.24, 2.45) is 0 Å². The van der Waals surface area contributed by atoms with Crippen molar-refractivity contribution in [1.29, 1.82) is 0 Å². The second kappa shape index (κ2) is 3.06. The van der Waals surface area contributed by atoms with Gasteiger partial charge in [-0.05, 0) is 28.8 Å². The molecule has 0 heterocycles. The van der Waals surface area contributed by atoms with E-state index in [2.05, 4.69) is 26.0 Å². The van der Waals surface area contributed by atoms with Gasteiger partial charge in [0.1, 0.15) is 5.52 Å². The minimum absolute atomic E-state index is 0.269. The molecule has 0 bridgehead atoms. The van der Waals surface area contributed by atoms with Gasteiger partial charge in [0.2, 0.25) is 0 Å². The monoisotopic (exact) mass is 193 g/mol. The number of carbonyl (C=O) groups is 1. The number of ether oxygens (including phenoxy) is 1. The average molecular weight is 194 g/mol. The first-order valence-electron chi connectivity index (χ1n) is 2.82. The molecule has 0 aromatic carbocycles. The zero-order chi connectivity index (χ0) is 6.69. The molecule has 52 valence electrons. The first-order chi connectivity index (χ1) is 4.33. The van der Waals surface area contributed by atoms with Crippen molar-refractivity contribution in [2.75, 3.05) is 5.52 Å². The van der Waals surface area contributed by atoms with Crippen molar-refractivity contribution in [3.8, 4) is 0 Å². The van der Waals surface area contributed by atoms with Crippen LogP contribution in [-0.2, 0) is 4.74 Å². The van der Waals surface area contributed by atoms with Crippen LogP contribution in [0.5, 0.6) is 0 Å². The Labute approximate surface area is 61.9 Å². The Morgan fingerprint density at radius 3 is 2.89 bits per heavy atom. The Hall–Kier alpha value is -0.250. The van der Waals surface area contributed by atoms with Gasteiger partial charge in [0.25, 0.3) is 0 Å². The van der Waals surface area contributed by atoms with Crippen LogP contribution in [0.3, 0.4) is 0 Å². The highest BCUT2D eigenvalue weighted by Gasteiger charge is 2.23. The summed E-state index contributed by atoms with van der Waals surface area (Å²) in [6.07, 6.45) is 1.86. The van der Waals surface area contributed by atoms with Crippen LogP contribution in [-0.4, -0.2) is 17.7 Å². The number of alkyl halides is 1. The zero-order valence-electron chi connectivity index (χ0n) is 4.89. The molecule has 0 aliphatic heterocycles. The van der Waals surface area contributed by atoms with E-state index in [0.29, 0.717) is 6.04 Å². The summed E-state index contributed by atoms with van der Waals surface area (Å²) in [6, 6.07) is 0.386. The van der Waals surface area contributed by atoms with Crippen molar-refractivity contribution in [3.63, 3.8) is 0 Å². The van der Waals surface area contributed by atoms with E-state index in [-0.39, 0.29) is 11.6 Å². The van der Waals surface area contributed by atoms with Crippen LogP contribution in [0.4, 0.5) is 4.79 Å². The highest BCUT2D eigenvalue weighted by atomic mass is 79.9. The highest BCUT2D eigenvalue weighted by Crippen LogP contribution is 2.18. The number of carbonyl (C=O) groups excluding carboxylic acids is 1. The molecule has 4 heteroatoms. The van der Waals surface area contributed by atoms with E-state index >= 15 is 0 Å². The topological polar surface area (TPSA) is 38.3 Å². The lowest BCUT2D eigenvalue weighted by Gasteiger charge is -2.00. The Bertz CT molecular complexity index is 114. The lowest BCUT2D eigenvalue weighted by molar-refractivity contribution is 0.166. The Morgan fingerprint density at radius 1 is 1.78 bits per heavy atom. The normalized spacial score (nSPS) is 17.0. The minimum Gasteiger partial charge on any atom is -0.438 e. The number of nitrogens with one attached hydrogen (secondary N) is 1. The van der Waals surface area contributed by atoms with E-state index in [0.717, 1.165) is 12.8 Å². The fourth-order valence-corrected chi connectivity index (χ4v) is 0.693. The number of halogens is 1. The second-order valence-corrected chi connectivity index (χ2v) is 2.42. The van der Waals surface area contributed by atoms with Gasteiger partial charge in [0.15, 0.2) is 0 Å². The first-order valence-corrected chi connectivity index (χ1v) is 3.94. The van der Waals surface area contributed by atoms with Crippen LogP contribution in [0, 0.1) is 0 Å². The van der Waals surface area contributed by atoms with E-state index in [1.807, 2.05) is 0 Å². The third-order valence-electron chi connectivity index (χ3n) is 1.08. The van der Waals surface area contributed by atoms with Gasteiger partial charge >= 0.3 is 6.09 Å². The lowest BCUT2D eigenvalue weighted by Crippen LogP contribution is -2.25. The zero-order valence-corrected chi connectivity index (χ0v) is 6.48. The summed E-state index contributed by atoms with van der Waals surface area (Å²) in [6.45, 7) is 0. The molecule has 0 aromatic heterocycles. The SMILES string of the molecule is O=C(NC1CC1)OCBr. The third kappa shape index (κ3) is 2.70. The van der Waals surface area contributed by atoms with Gasteiger partial charge < -0.3 is 10.1 Å². The minimum atomic E-state index is -0.325. The fourth-order valence-electron chi connectivity index (χ4n) is 0.486. The summed E-state index contributed by atoms with van der Waals surface area (Å²) in [4.78, 5) is 10.5. The highest BCUT2D eigenvalue weighted by molar-refractivity contribution is 9.09. The van der Waals surface area contributed by atoms with Crippen molar-refractivity contribution in [3.05, 3.63) is 0 Å². The molecule has 0 atom stereocenters. The van der Waals surface area contributed by atoms with Crippen LogP contribution < -0.4 is 5.32 Å². The van der Waals surface area contributed by atoms with Gasteiger partial charge in [0.05, 0.1) is 0 Å². The first kappa shape index (κ1) is 6.86. The number of amides is 1. The Balaban J connectivity index is 2.02. The van der Waals surface area contributed by atoms with Gasteiger partial charge in [-0.15, -0.1) is 0 Å². The predicted molar refractivity (Wildman–Crippen MR) is 36.4 cm³/mol. The molecule has 0 aromatic rings. The van der Waals surface area contributed by atoms with Crippen LogP contribution in [0.1, 0.15) is 12.8 Å². The number of rotatable bonds is 2. The smallest absolute Gasteiger partial charge is 0.408 e. The second-order valence-electron chi connectivity index (χ2n) is 1.96. The molecule has 9 heavy (non-hydrogen) atoms. The van der Waals surface area contributed by atoms with Crippen molar-refractivity contribution in [2.45, 2.75) is 18.9 Å². The molecule has 1 rings (SSSR count). The summed E-state index contributed by atoms with van der Waals surface area (Å²) < 4.78 is 4.56. The molecule has 1 saturated carbocycles. The van der Waals surface area contributed by atoms with Gasteiger partial charge in [0, 0.05) is 6.04 Å². The van der Waals surface area contributed by atoms with E-state index in [1.165, 1.54) is 0 Å². The van der Waals surface area contributed by atoms with Crippen molar-refractivity contribution in [1.82, 2.24) is 5.32 Å². The number of alkyl carbamates (subject to hydrolysis) is 1. The lowest BCUT2D eigenvalue weighted by atomic mass is 10.7.